The molecule has 0 spiro atoms. The van der Waals surface area contributed by atoms with Crippen molar-refractivity contribution in [1.82, 2.24) is 14.4 Å². The molecule has 6 nitrogen and oxygen atoms in total. The summed E-state index contributed by atoms with van der Waals surface area (Å²) in [4.78, 5) is 31.5. The number of hydrogen-bond donors (Lipinski definition) is 0. The number of piperidine rings is 1. The molecule has 2 heterocycles. The maximum absolute atomic E-state index is 15.3. The fourth-order valence-electron chi connectivity index (χ4n) is 5.53. The number of fused-ring (bicyclic) bond motifs is 1. The molecule has 1 fully saturated rings. The zero-order chi connectivity index (χ0) is 52.5. The van der Waals surface area contributed by atoms with Crippen LogP contribution in [-0.4, -0.2) is 59.6 Å². The van der Waals surface area contributed by atoms with E-state index >= 15 is 9.18 Å². The molecule has 1 saturated heterocycles. The minimum Gasteiger partial charge on any atom is -0.383 e. The molecule has 1 aromatic heterocycles. The second-order valence-electron chi connectivity index (χ2n) is 11.8. The van der Waals surface area contributed by atoms with Crippen LogP contribution >= 0.6 is 11.8 Å². The largest absolute Gasteiger partial charge is 0.416 e. The minimum atomic E-state index is -5.35. The van der Waals surface area contributed by atoms with Crippen molar-refractivity contribution in [2.75, 3.05) is 33.3 Å². The molecular weight excluding hydrogens is 710 g/mol. The number of ether oxygens (including phenoxy) is 1. The highest BCUT2D eigenvalue weighted by Crippen LogP contribution is 2.32. The van der Waals surface area contributed by atoms with Gasteiger partial charge in [-0.15, -0.1) is 11.8 Å². The summed E-state index contributed by atoms with van der Waals surface area (Å²) in [6, 6.07) is -16.5. The number of halogens is 5. The number of carbonyl (C=O) groups is 1. The van der Waals surface area contributed by atoms with Crippen LogP contribution in [0.25, 0.3) is 22.0 Å². The van der Waals surface area contributed by atoms with Gasteiger partial charge >= 0.3 is 6.18 Å². The SMILES string of the molecule is [2H]c1c([2H])c(F)c(F)c(CSc2c([2H])c(=O)c3c([2H])c(C)c([2H])c([2H])c3n2CC(=O)N(Cc2c([2H])c([2H])c(-c3c([2H])c([2H])c(C(F)(F)F)c([2H])c3[2H])c([2H])c2[2H])C2CCN(C([2H])([2H])COC)CC2)c1[2H]. The topological polar surface area (TPSA) is 54.8 Å². The van der Waals surface area contributed by atoms with Gasteiger partial charge in [-0.05, 0) is 66.7 Å². The number of aromatic nitrogens is 1. The van der Waals surface area contributed by atoms with Gasteiger partial charge in [0.15, 0.2) is 17.1 Å². The van der Waals surface area contributed by atoms with Crippen LogP contribution < -0.4 is 5.43 Å². The van der Waals surface area contributed by atoms with E-state index in [1.165, 1.54) is 18.9 Å². The van der Waals surface area contributed by atoms with Crippen LogP contribution in [0, 0.1) is 18.6 Å². The van der Waals surface area contributed by atoms with Crippen LogP contribution in [0.2, 0.25) is 0 Å². The summed E-state index contributed by atoms with van der Waals surface area (Å²) in [5.74, 6) is -5.28. The number of thioether (sulfide) groups is 1. The van der Waals surface area contributed by atoms with Crippen molar-refractivity contribution >= 4 is 28.6 Å². The Hall–Kier alpha value is -4.52. The summed E-state index contributed by atoms with van der Waals surface area (Å²) in [7, 11) is 1.28. The van der Waals surface area contributed by atoms with Gasteiger partial charge in [-0.25, -0.2) is 8.78 Å². The Labute approximate surface area is 333 Å². The predicted molar refractivity (Wildman–Crippen MR) is 198 cm³/mol. The van der Waals surface area contributed by atoms with E-state index < -0.39 is 195 Å². The number of alkyl halides is 3. The van der Waals surface area contributed by atoms with Crippen molar-refractivity contribution in [3.63, 3.8) is 0 Å². The van der Waals surface area contributed by atoms with Crippen LogP contribution in [0.3, 0.4) is 0 Å². The molecule has 0 unspecified atom stereocenters. The van der Waals surface area contributed by atoms with Crippen molar-refractivity contribution in [2.24, 2.45) is 0 Å². The number of rotatable bonds is 12. The molecular formula is C41H40F5N3O3S. The summed E-state index contributed by atoms with van der Waals surface area (Å²) < 4.78 is 222. The molecule has 0 N–H and O–H groups in total. The van der Waals surface area contributed by atoms with Gasteiger partial charge in [-0.1, -0.05) is 59.9 Å². The van der Waals surface area contributed by atoms with Crippen LogP contribution in [0.4, 0.5) is 22.0 Å². The number of methoxy groups -OCH3 is 1. The van der Waals surface area contributed by atoms with Gasteiger partial charge in [0, 0.05) is 64.8 Å². The lowest BCUT2D eigenvalue weighted by Gasteiger charge is -2.39. The Morgan fingerprint density at radius 3 is 2.32 bits per heavy atom. The van der Waals surface area contributed by atoms with Crippen LogP contribution in [0.15, 0.2) is 100 Å². The summed E-state index contributed by atoms with van der Waals surface area (Å²) in [5.41, 5.74) is -6.96. The van der Waals surface area contributed by atoms with E-state index in [9.17, 15) is 22.4 Å². The highest BCUT2D eigenvalue weighted by molar-refractivity contribution is 7.98. The molecule has 278 valence electrons. The third-order valence-electron chi connectivity index (χ3n) is 8.19. The third kappa shape index (κ3) is 9.17. The quantitative estimate of drug-likeness (QED) is 0.0940. The highest BCUT2D eigenvalue weighted by atomic mass is 32.2. The van der Waals surface area contributed by atoms with E-state index in [1.807, 2.05) is 0 Å². The van der Waals surface area contributed by atoms with Crippen LogP contribution in [0.5, 0.6) is 0 Å². The fourth-order valence-corrected chi connectivity index (χ4v) is 6.48. The maximum atomic E-state index is 15.3. The molecule has 5 aromatic rings. The number of nitrogens with zero attached hydrogens (tertiary/aromatic N) is 3. The number of benzene rings is 4. The fraction of sp³-hybridized carbons (Fsp3) is 0.317. The first kappa shape index (κ1) is 22.0. The van der Waals surface area contributed by atoms with Gasteiger partial charge in [0.05, 0.1) is 43.3 Å². The first-order valence-corrected chi connectivity index (χ1v) is 16.9. The number of carbonyl (C=O) groups excluding carboxylic acids is 1. The van der Waals surface area contributed by atoms with Crippen molar-refractivity contribution in [3.8, 4) is 11.1 Å². The summed E-state index contributed by atoms with van der Waals surface area (Å²) in [6.45, 7) is -3.01. The first-order chi connectivity index (χ1) is 32.4. The van der Waals surface area contributed by atoms with Gasteiger partial charge in [0.25, 0.3) is 0 Å². The zero-order valence-corrected chi connectivity index (χ0v) is 28.9. The van der Waals surface area contributed by atoms with Crippen LogP contribution in [-0.2, 0) is 34.6 Å². The Kier molecular flexibility index (Phi) is 6.91. The molecule has 1 aliphatic heterocycles. The lowest BCUT2D eigenvalue weighted by atomic mass is 10.00. The van der Waals surface area contributed by atoms with E-state index in [0.717, 1.165) is 9.47 Å². The highest BCUT2D eigenvalue weighted by Gasteiger charge is 2.31. The normalized spacial score (nSPS) is 19.0. The Morgan fingerprint density at radius 2 is 1.66 bits per heavy atom. The predicted octanol–water partition coefficient (Wildman–Crippen LogP) is 8.71. The average Bonchev–Trinajstić information content (AvgIpc) is 3.30. The van der Waals surface area contributed by atoms with Crippen LogP contribution in [0.1, 0.15) is 58.4 Å². The second-order valence-corrected chi connectivity index (χ2v) is 12.7. The maximum Gasteiger partial charge on any atom is 0.416 e. The van der Waals surface area contributed by atoms with E-state index in [4.69, 9.17) is 28.0 Å². The average molecular weight is 767 g/mol. The minimum absolute atomic E-state index is 0.0326. The standard InChI is InChI=1S/C41H40F5N3O3S/c1-27-6-15-36-34(22-27)37(50)23-39(53-26-31-4-3-5-35(42)40(31)43)49(36)25-38(51)48(33-16-18-47(19-17-33)20-21-52-2)24-28-7-9-29(10-8-28)30-11-13-32(14-12-30)41(44,45)46/h3-15,22-23,33H,16-21,24-26H2,1-2H3/i3D,4D,5D,6D,7D,8D,9D,10D,11D,12D,13D,14D,15D,20D2,22D,23D. The molecule has 1 amide bonds. The number of likely N-dealkylation sites (tertiary alicyclic amines) is 1. The Morgan fingerprint density at radius 1 is 0.981 bits per heavy atom. The van der Waals surface area contributed by atoms with E-state index in [2.05, 4.69) is 0 Å². The molecule has 0 radical (unpaired) electrons. The lowest BCUT2D eigenvalue weighted by Crippen LogP contribution is -2.48. The van der Waals surface area contributed by atoms with Gasteiger partial charge in [-0.2, -0.15) is 13.2 Å². The molecule has 6 rings (SSSR count). The Balaban J connectivity index is 1.55. The number of pyridine rings is 1. The summed E-state index contributed by atoms with van der Waals surface area (Å²) in [6.07, 6.45) is -5.42. The number of amides is 1. The lowest BCUT2D eigenvalue weighted by molar-refractivity contribution is -0.137. The molecule has 0 atom stereocenters. The van der Waals surface area contributed by atoms with Gasteiger partial charge in [0.2, 0.25) is 5.91 Å². The van der Waals surface area contributed by atoms with Gasteiger partial charge in [0.1, 0.15) is 6.54 Å². The number of hydrogen-bond acceptors (Lipinski definition) is 5. The van der Waals surface area contributed by atoms with Crippen molar-refractivity contribution < 1.29 is 54.8 Å². The molecule has 53 heavy (non-hydrogen) atoms. The molecule has 0 aliphatic carbocycles. The first-order valence-electron chi connectivity index (χ1n) is 24.4. The molecule has 0 bridgehead atoms. The molecule has 0 saturated carbocycles. The van der Waals surface area contributed by atoms with Gasteiger partial charge in [-0.3, -0.25) is 9.59 Å². The smallest absolute Gasteiger partial charge is 0.383 e. The third-order valence-corrected chi connectivity index (χ3v) is 9.22. The van der Waals surface area contributed by atoms with E-state index in [0.29, 0.717) is 11.8 Å². The summed E-state index contributed by atoms with van der Waals surface area (Å²) in [5, 5.41) is -1.12. The monoisotopic (exact) mass is 766 g/mol. The second kappa shape index (κ2) is 16.7. The van der Waals surface area contributed by atoms with Crippen molar-refractivity contribution in [2.45, 2.75) is 55.9 Å². The van der Waals surface area contributed by atoms with E-state index in [1.54, 1.807) is 0 Å². The van der Waals surface area contributed by atoms with Crippen molar-refractivity contribution in [3.05, 3.63) is 135 Å². The molecule has 4 aromatic carbocycles. The molecule has 12 heteroatoms. The Bertz CT molecular complexity index is 2970. The molecule has 1 aliphatic rings. The van der Waals surface area contributed by atoms with Gasteiger partial charge < -0.3 is 19.1 Å². The summed E-state index contributed by atoms with van der Waals surface area (Å²) >= 11 is 0.386. The van der Waals surface area contributed by atoms with Crippen molar-refractivity contribution in [1.29, 1.82) is 0 Å². The zero-order valence-electron chi connectivity index (χ0n) is 45.1. The van der Waals surface area contributed by atoms with E-state index in [-0.39, 0.29) is 38.1 Å².